The SMILES string of the molecule is Cc1ccccc1NS(=O)(=O)c1ccc(NC(=O)Nc2ccc(Cl)cc2)cc1. The first kappa shape index (κ1) is 19.7. The number of benzene rings is 3. The molecule has 28 heavy (non-hydrogen) atoms. The predicted molar refractivity (Wildman–Crippen MR) is 113 cm³/mol. The van der Waals surface area contributed by atoms with Crippen LogP contribution in [-0.4, -0.2) is 14.4 Å². The minimum Gasteiger partial charge on any atom is -0.308 e. The van der Waals surface area contributed by atoms with Gasteiger partial charge in [-0.25, -0.2) is 13.2 Å². The van der Waals surface area contributed by atoms with Crippen LogP contribution in [0.25, 0.3) is 0 Å². The van der Waals surface area contributed by atoms with E-state index in [2.05, 4.69) is 15.4 Å². The average molecular weight is 416 g/mol. The molecule has 0 bridgehead atoms. The first-order valence-corrected chi connectivity index (χ1v) is 10.2. The van der Waals surface area contributed by atoms with Crippen molar-refractivity contribution in [1.29, 1.82) is 0 Å². The molecule has 0 aromatic heterocycles. The van der Waals surface area contributed by atoms with Crippen molar-refractivity contribution in [2.24, 2.45) is 0 Å². The molecule has 6 nitrogen and oxygen atoms in total. The van der Waals surface area contributed by atoms with Gasteiger partial charge in [-0.3, -0.25) is 4.72 Å². The zero-order chi connectivity index (χ0) is 20.1. The second-order valence-corrected chi connectivity index (χ2v) is 8.15. The third-order valence-electron chi connectivity index (χ3n) is 3.91. The van der Waals surface area contributed by atoms with Crippen LogP contribution in [0.2, 0.25) is 5.02 Å². The molecule has 0 spiro atoms. The summed E-state index contributed by atoms with van der Waals surface area (Å²) in [6, 6.07) is 19.3. The highest BCUT2D eigenvalue weighted by molar-refractivity contribution is 7.92. The topological polar surface area (TPSA) is 87.3 Å². The van der Waals surface area contributed by atoms with Gasteiger partial charge in [-0.2, -0.15) is 0 Å². The van der Waals surface area contributed by atoms with E-state index in [-0.39, 0.29) is 4.90 Å². The molecule has 0 atom stereocenters. The zero-order valence-corrected chi connectivity index (χ0v) is 16.5. The van der Waals surface area contributed by atoms with Crippen LogP contribution >= 0.6 is 11.6 Å². The monoisotopic (exact) mass is 415 g/mol. The summed E-state index contributed by atoms with van der Waals surface area (Å²) in [5, 5.41) is 5.88. The van der Waals surface area contributed by atoms with E-state index >= 15 is 0 Å². The van der Waals surface area contributed by atoms with Crippen molar-refractivity contribution in [2.45, 2.75) is 11.8 Å². The molecular weight excluding hydrogens is 398 g/mol. The number of aryl methyl sites for hydroxylation is 1. The van der Waals surface area contributed by atoms with Crippen molar-refractivity contribution in [1.82, 2.24) is 0 Å². The summed E-state index contributed by atoms with van der Waals surface area (Å²) in [5.74, 6) is 0. The molecule has 144 valence electrons. The van der Waals surface area contributed by atoms with E-state index < -0.39 is 16.1 Å². The van der Waals surface area contributed by atoms with Gasteiger partial charge >= 0.3 is 6.03 Å². The van der Waals surface area contributed by atoms with E-state index in [0.29, 0.717) is 22.1 Å². The van der Waals surface area contributed by atoms with Crippen LogP contribution in [0.5, 0.6) is 0 Å². The van der Waals surface area contributed by atoms with Gasteiger partial charge < -0.3 is 10.6 Å². The maximum absolute atomic E-state index is 12.5. The van der Waals surface area contributed by atoms with Crippen molar-refractivity contribution in [3.05, 3.63) is 83.4 Å². The molecule has 3 rings (SSSR count). The number of sulfonamides is 1. The molecule has 3 N–H and O–H groups in total. The first-order valence-electron chi connectivity index (χ1n) is 8.35. The Hall–Kier alpha value is -3.03. The molecule has 0 aliphatic rings. The van der Waals surface area contributed by atoms with Crippen LogP contribution in [0.4, 0.5) is 21.9 Å². The molecule has 0 radical (unpaired) electrons. The lowest BCUT2D eigenvalue weighted by Gasteiger charge is -2.11. The molecule has 0 fully saturated rings. The molecule has 0 heterocycles. The fourth-order valence-electron chi connectivity index (χ4n) is 2.44. The number of amides is 2. The maximum Gasteiger partial charge on any atom is 0.323 e. The first-order chi connectivity index (χ1) is 13.3. The minimum atomic E-state index is -3.72. The Morgan fingerprint density at radius 2 is 1.36 bits per heavy atom. The Bertz CT molecular complexity index is 1080. The molecule has 0 aliphatic carbocycles. The Labute approximate surface area is 168 Å². The fraction of sp³-hybridized carbons (Fsp3) is 0.0500. The van der Waals surface area contributed by atoms with Crippen LogP contribution in [0, 0.1) is 6.92 Å². The highest BCUT2D eigenvalue weighted by Crippen LogP contribution is 2.21. The fourth-order valence-corrected chi connectivity index (χ4v) is 3.69. The largest absolute Gasteiger partial charge is 0.323 e. The number of hydrogen-bond acceptors (Lipinski definition) is 3. The summed E-state index contributed by atoms with van der Waals surface area (Å²) in [6.07, 6.45) is 0. The van der Waals surface area contributed by atoms with Crippen LogP contribution in [-0.2, 0) is 10.0 Å². The number of nitrogens with one attached hydrogen (secondary N) is 3. The van der Waals surface area contributed by atoms with Gasteiger partial charge in [0.05, 0.1) is 10.6 Å². The van der Waals surface area contributed by atoms with Crippen LogP contribution in [0.1, 0.15) is 5.56 Å². The summed E-state index contributed by atoms with van der Waals surface area (Å²) in [5.41, 5.74) is 2.39. The standard InChI is InChI=1S/C20H18ClN3O3S/c1-14-4-2-3-5-19(14)24-28(26,27)18-12-10-17(11-13-18)23-20(25)22-16-8-6-15(21)7-9-16/h2-13,24H,1H3,(H2,22,23,25). The summed E-state index contributed by atoms with van der Waals surface area (Å²) in [6.45, 7) is 1.82. The summed E-state index contributed by atoms with van der Waals surface area (Å²) >= 11 is 5.81. The van der Waals surface area contributed by atoms with E-state index in [1.165, 1.54) is 24.3 Å². The number of carbonyl (C=O) groups excluding carboxylic acids is 1. The molecule has 0 saturated heterocycles. The van der Waals surface area contributed by atoms with E-state index in [1.54, 1.807) is 36.4 Å². The summed E-state index contributed by atoms with van der Waals surface area (Å²) < 4.78 is 27.6. The third-order valence-corrected chi connectivity index (χ3v) is 5.55. The molecule has 3 aromatic carbocycles. The molecule has 3 aromatic rings. The Kier molecular flexibility index (Phi) is 5.87. The van der Waals surface area contributed by atoms with Crippen molar-refractivity contribution in [3.8, 4) is 0 Å². The quantitative estimate of drug-likeness (QED) is 0.542. The van der Waals surface area contributed by atoms with Gasteiger partial charge in [-0.15, -0.1) is 0 Å². The third kappa shape index (κ3) is 5.03. The molecular formula is C20H18ClN3O3S. The number of rotatable bonds is 5. The number of hydrogen-bond donors (Lipinski definition) is 3. The number of anilines is 3. The molecule has 8 heteroatoms. The number of halogens is 1. The molecule has 2 amide bonds. The van der Waals surface area contributed by atoms with Crippen LogP contribution < -0.4 is 15.4 Å². The highest BCUT2D eigenvalue weighted by atomic mass is 35.5. The van der Waals surface area contributed by atoms with Crippen molar-refractivity contribution >= 4 is 44.7 Å². The lowest BCUT2D eigenvalue weighted by Crippen LogP contribution is -2.19. The molecule has 0 saturated carbocycles. The van der Waals surface area contributed by atoms with Gasteiger partial charge in [-0.1, -0.05) is 29.8 Å². The average Bonchev–Trinajstić information content (AvgIpc) is 2.66. The van der Waals surface area contributed by atoms with Gasteiger partial charge in [0.2, 0.25) is 0 Å². The predicted octanol–water partition coefficient (Wildman–Crippen LogP) is 5.09. The van der Waals surface area contributed by atoms with Gasteiger partial charge in [0, 0.05) is 16.4 Å². The highest BCUT2D eigenvalue weighted by Gasteiger charge is 2.15. The Morgan fingerprint density at radius 1 is 0.821 bits per heavy atom. The normalized spacial score (nSPS) is 10.9. The smallest absolute Gasteiger partial charge is 0.308 e. The van der Waals surface area contributed by atoms with Crippen LogP contribution in [0.15, 0.2) is 77.7 Å². The number of carbonyl (C=O) groups is 1. The Morgan fingerprint density at radius 3 is 1.93 bits per heavy atom. The number of urea groups is 1. The second kappa shape index (κ2) is 8.33. The zero-order valence-electron chi connectivity index (χ0n) is 14.9. The van der Waals surface area contributed by atoms with Crippen molar-refractivity contribution in [2.75, 3.05) is 15.4 Å². The van der Waals surface area contributed by atoms with Gasteiger partial charge in [0.15, 0.2) is 0 Å². The van der Waals surface area contributed by atoms with Gasteiger partial charge in [0.25, 0.3) is 10.0 Å². The van der Waals surface area contributed by atoms with E-state index in [1.807, 2.05) is 19.1 Å². The van der Waals surface area contributed by atoms with Gasteiger partial charge in [-0.05, 0) is 67.1 Å². The summed E-state index contributed by atoms with van der Waals surface area (Å²) in [7, 11) is -3.72. The van der Waals surface area contributed by atoms with Crippen molar-refractivity contribution < 1.29 is 13.2 Å². The number of para-hydroxylation sites is 1. The molecule has 0 unspecified atom stereocenters. The second-order valence-electron chi connectivity index (χ2n) is 6.03. The maximum atomic E-state index is 12.5. The molecule has 0 aliphatic heterocycles. The van der Waals surface area contributed by atoms with E-state index in [0.717, 1.165) is 5.56 Å². The van der Waals surface area contributed by atoms with Crippen molar-refractivity contribution in [3.63, 3.8) is 0 Å². The lowest BCUT2D eigenvalue weighted by molar-refractivity contribution is 0.262. The summed E-state index contributed by atoms with van der Waals surface area (Å²) in [4.78, 5) is 12.1. The minimum absolute atomic E-state index is 0.0967. The van der Waals surface area contributed by atoms with E-state index in [9.17, 15) is 13.2 Å². The Balaban J connectivity index is 1.66. The van der Waals surface area contributed by atoms with Gasteiger partial charge in [0.1, 0.15) is 0 Å². The van der Waals surface area contributed by atoms with E-state index in [4.69, 9.17) is 11.6 Å². The van der Waals surface area contributed by atoms with Crippen LogP contribution in [0.3, 0.4) is 0 Å². The lowest BCUT2D eigenvalue weighted by atomic mass is 10.2.